The van der Waals surface area contributed by atoms with E-state index in [1.807, 2.05) is 53.3 Å². The average molecular weight is 364 g/mol. The fourth-order valence-electron chi connectivity index (χ4n) is 3.77. The summed E-state index contributed by atoms with van der Waals surface area (Å²) in [5.41, 5.74) is 3.22. The van der Waals surface area contributed by atoms with Crippen LogP contribution in [0.5, 0.6) is 11.5 Å². The van der Waals surface area contributed by atoms with Gasteiger partial charge in [0.2, 0.25) is 0 Å². The predicted molar refractivity (Wildman–Crippen MR) is 104 cm³/mol. The number of hydrogen-bond donors (Lipinski definition) is 0. The van der Waals surface area contributed by atoms with Crippen LogP contribution in [0.25, 0.3) is 5.69 Å². The molecule has 4 rings (SSSR count). The average Bonchev–Trinajstić information content (AvgIpc) is 3.38. The van der Waals surface area contributed by atoms with Gasteiger partial charge in [0, 0.05) is 24.6 Å². The van der Waals surface area contributed by atoms with Crippen LogP contribution in [0.1, 0.15) is 23.6 Å². The van der Waals surface area contributed by atoms with Crippen molar-refractivity contribution in [1.29, 1.82) is 0 Å². The predicted octanol–water partition coefficient (Wildman–Crippen LogP) is 3.27. The lowest BCUT2D eigenvalue weighted by atomic mass is 9.97. The van der Waals surface area contributed by atoms with Gasteiger partial charge in [-0.05, 0) is 31.2 Å². The van der Waals surface area contributed by atoms with E-state index in [2.05, 4.69) is 21.3 Å². The van der Waals surface area contributed by atoms with Crippen molar-refractivity contribution in [3.05, 3.63) is 66.0 Å². The molecule has 0 bridgehead atoms. The lowest BCUT2D eigenvalue weighted by Gasteiger charge is -2.18. The molecule has 0 aliphatic carbocycles. The quantitative estimate of drug-likeness (QED) is 0.672. The fraction of sp³-hybridized carbons (Fsp3) is 0.333. The van der Waals surface area contributed by atoms with E-state index in [1.165, 1.54) is 5.56 Å². The fourth-order valence-corrected chi connectivity index (χ4v) is 3.77. The van der Waals surface area contributed by atoms with Crippen molar-refractivity contribution in [3.8, 4) is 17.2 Å². The van der Waals surface area contributed by atoms with Gasteiger partial charge in [0.1, 0.15) is 0 Å². The Hall–Kier alpha value is -2.86. The molecule has 6 nitrogen and oxygen atoms in total. The molecule has 2 aromatic carbocycles. The summed E-state index contributed by atoms with van der Waals surface area (Å²) >= 11 is 0. The van der Waals surface area contributed by atoms with Gasteiger partial charge in [-0.1, -0.05) is 35.5 Å². The van der Waals surface area contributed by atoms with Crippen LogP contribution in [0, 0.1) is 0 Å². The number of rotatable bonds is 6. The second-order valence-corrected chi connectivity index (χ2v) is 6.79. The zero-order chi connectivity index (χ0) is 18.6. The molecule has 0 saturated carbocycles. The Kier molecular flexibility index (Phi) is 5.07. The van der Waals surface area contributed by atoms with Crippen molar-refractivity contribution >= 4 is 0 Å². The maximum absolute atomic E-state index is 5.62. The second kappa shape index (κ2) is 7.80. The van der Waals surface area contributed by atoms with E-state index < -0.39 is 0 Å². The van der Waals surface area contributed by atoms with Gasteiger partial charge >= 0.3 is 0 Å². The molecule has 27 heavy (non-hydrogen) atoms. The molecule has 1 atom stereocenters. The molecule has 0 spiro atoms. The van der Waals surface area contributed by atoms with Crippen LogP contribution >= 0.6 is 0 Å². The Morgan fingerprint density at radius 3 is 2.67 bits per heavy atom. The molecule has 140 valence electrons. The molecule has 0 radical (unpaired) electrons. The summed E-state index contributed by atoms with van der Waals surface area (Å²) in [6.07, 6.45) is 3.10. The Morgan fingerprint density at radius 1 is 1.04 bits per heavy atom. The largest absolute Gasteiger partial charge is 0.493 e. The van der Waals surface area contributed by atoms with E-state index in [9.17, 15) is 0 Å². The maximum Gasteiger partial charge on any atom is 0.164 e. The zero-order valence-corrected chi connectivity index (χ0v) is 15.7. The van der Waals surface area contributed by atoms with Gasteiger partial charge in [0.25, 0.3) is 0 Å². The van der Waals surface area contributed by atoms with Crippen LogP contribution in [-0.2, 0) is 6.54 Å². The SMILES string of the molecule is COc1cccc([C@H]2CCN(Cc3cn(-c4ccccc4)nn3)C2)c1OC. The van der Waals surface area contributed by atoms with E-state index in [4.69, 9.17) is 9.47 Å². The number of para-hydroxylation sites is 2. The van der Waals surface area contributed by atoms with Crippen molar-refractivity contribution in [2.24, 2.45) is 0 Å². The summed E-state index contributed by atoms with van der Waals surface area (Å²) in [6, 6.07) is 16.2. The molecule has 1 aromatic heterocycles. The third-order valence-corrected chi connectivity index (χ3v) is 5.09. The minimum atomic E-state index is 0.430. The highest BCUT2D eigenvalue weighted by Gasteiger charge is 2.27. The lowest BCUT2D eigenvalue weighted by Crippen LogP contribution is -2.20. The number of nitrogens with zero attached hydrogens (tertiary/aromatic N) is 4. The van der Waals surface area contributed by atoms with Crippen LogP contribution in [0.2, 0.25) is 0 Å². The van der Waals surface area contributed by atoms with Crippen LogP contribution in [0.4, 0.5) is 0 Å². The molecule has 1 aliphatic rings. The first-order valence-electron chi connectivity index (χ1n) is 9.18. The van der Waals surface area contributed by atoms with Crippen LogP contribution in [0.3, 0.4) is 0 Å². The number of aromatic nitrogens is 3. The Labute approximate surface area is 159 Å². The Morgan fingerprint density at radius 2 is 1.89 bits per heavy atom. The summed E-state index contributed by atoms with van der Waals surface area (Å²) in [6.45, 7) is 2.81. The molecule has 0 amide bonds. The monoisotopic (exact) mass is 364 g/mol. The molecule has 0 unspecified atom stereocenters. The maximum atomic E-state index is 5.62. The molecule has 6 heteroatoms. The molecule has 3 aromatic rings. The molecular weight excluding hydrogens is 340 g/mol. The summed E-state index contributed by atoms with van der Waals surface area (Å²) in [7, 11) is 3.38. The van der Waals surface area contributed by atoms with Gasteiger partial charge < -0.3 is 9.47 Å². The topological polar surface area (TPSA) is 52.4 Å². The highest BCUT2D eigenvalue weighted by atomic mass is 16.5. The van der Waals surface area contributed by atoms with Gasteiger partial charge in [0.15, 0.2) is 11.5 Å². The normalized spacial score (nSPS) is 17.2. The Bertz CT molecular complexity index is 894. The number of likely N-dealkylation sites (tertiary alicyclic amines) is 1. The van der Waals surface area contributed by atoms with E-state index in [0.29, 0.717) is 5.92 Å². The third kappa shape index (κ3) is 3.66. The first-order valence-corrected chi connectivity index (χ1v) is 9.18. The van der Waals surface area contributed by atoms with E-state index in [1.54, 1.807) is 14.2 Å². The van der Waals surface area contributed by atoms with Gasteiger partial charge in [-0.2, -0.15) is 0 Å². The number of benzene rings is 2. The number of hydrogen-bond acceptors (Lipinski definition) is 5. The van der Waals surface area contributed by atoms with Gasteiger partial charge in [-0.3, -0.25) is 4.90 Å². The highest BCUT2D eigenvalue weighted by molar-refractivity contribution is 5.48. The smallest absolute Gasteiger partial charge is 0.164 e. The van der Waals surface area contributed by atoms with E-state index in [0.717, 1.165) is 48.9 Å². The van der Waals surface area contributed by atoms with Crippen molar-refractivity contribution in [1.82, 2.24) is 19.9 Å². The van der Waals surface area contributed by atoms with Crippen molar-refractivity contribution in [2.45, 2.75) is 18.9 Å². The molecule has 1 fully saturated rings. The Balaban J connectivity index is 1.44. The molecular formula is C21H24N4O2. The minimum Gasteiger partial charge on any atom is -0.493 e. The second-order valence-electron chi connectivity index (χ2n) is 6.79. The number of methoxy groups -OCH3 is 2. The minimum absolute atomic E-state index is 0.430. The van der Waals surface area contributed by atoms with Gasteiger partial charge in [0.05, 0.1) is 31.8 Å². The number of ether oxygens (including phenoxy) is 2. The highest BCUT2D eigenvalue weighted by Crippen LogP contribution is 2.39. The summed E-state index contributed by atoms with van der Waals surface area (Å²) in [5.74, 6) is 2.07. The molecule has 1 aliphatic heterocycles. The van der Waals surface area contributed by atoms with Gasteiger partial charge in [-0.25, -0.2) is 4.68 Å². The molecule has 0 N–H and O–H groups in total. The summed E-state index contributed by atoms with van der Waals surface area (Å²) < 4.78 is 12.9. The summed E-state index contributed by atoms with van der Waals surface area (Å²) in [5, 5.41) is 8.60. The van der Waals surface area contributed by atoms with Crippen molar-refractivity contribution in [3.63, 3.8) is 0 Å². The first kappa shape index (κ1) is 17.5. The van der Waals surface area contributed by atoms with Crippen molar-refractivity contribution in [2.75, 3.05) is 27.3 Å². The first-order chi connectivity index (χ1) is 13.3. The lowest BCUT2D eigenvalue weighted by molar-refractivity contribution is 0.319. The van der Waals surface area contributed by atoms with Crippen molar-refractivity contribution < 1.29 is 9.47 Å². The standard InChI is InChI=1S/C21H24N4O2/c1-26-20-10-6-9-19(21(20)27-2)16-11-12-24(13-16)14-17-15-25(23-22-17)18-7-4-3-5-8-18/h3-10,15-16H,11-14H2,1-2H3/t16-/m0/s1. The summed E-state index contributed by atoms with van der Waals surface area (Å²) in [4.78, 5) is 2.42. The third-order valence-electron chi connectivity index (χ3n) is 5.09. The molecule has 2 heterocycles. The van der Waals surface area contributed by atoms with E-state index in [-0.39, 0.29) is 0 Å². The zero-order valence-electron chi connectivity index (χ0n) is 15.7. The van der Waals surface area contributed by atoms with Crippen LogP contribution < -0.4 is 9.47 Å². The van der Waals surface area contributed by atoms with Crippen LogP contribution in [-0.4, -0.2) is 47.2 Å². The molecule has 1 saturated heterocycles. The van der Waals surface area contributed by atoms with Gasteiger partial charge in [-0.15, -0.1) is 5.10 Å². The van der Waals surface area contributed by atoms with E-state index >= 15 is 0 Å². The van der Waals surface area contributed by atoms with Crippen LogP contribution in [0.15, 0.2) is 54.7 Å².